The standard InChI is InChI=1S/C19H27NO4/c1-13-10-11-20(18(22)24-19(2,3)4)16(13)12-14-8-6-7-9-15(14)17(21)23-5/h6-9,13,16H,10-12H2,1-5H3/t13-,16+/m1/s1. The van der Waals surface area contributed by atoms with Crippen LogP contribution in [-0.4, -0.2) is 42.3 Å². The maximum Gasteiger partial charge on any atom is 0.410 e. The second-order valence-electron chi connectivity index (χ2n) is 7.36. The maximum atomic E-state index is 12.5. The number of hydrogen-bond donors (Lipinski definition) is 0. The molecule has 5 heteroatoms. The van der Waals surface area contributed by atoms with Gasteiger partial charge in [0, 0.05) is 12.6 Å². The zero-order valence-corrected chi connectivity index (χ0v) is 15.2. The largest absolute Gasteiger partial charge is 0.465 e. The van der Waals surface area contributed by atoms with Gasteiger partial charge >= 0.3 is 12.1 Å². The van der Waals surface area contributed by atoms with Gasteiger partial charge in [-0.3, -0.25) is 0 Å². The van der Waals surface area contributed by atoms with Gasteiger partial charge in [-0.05, 0) is 51.2 Å². The molecule has 0 radical (unpaired) electrons. The van der Waals surface area contributed by atoms with Gasteiger partial charge in [0.15, 0.2) is 0 Å². The lowest BCUT2D eigenvalue weighted by Gasteiger charge is -2.30. The number of rotatable bonds is 3. The van der Waals surface area contributed by atoms with Gasteiger partial charge in [0.1, 0.15) is 5.60 Å². The quantitative estimate of drug-likeness (QED) is 0.792. The number of benzene rings is 1. The molecular formula is C19H27NO4. The fourth-order valence-corrected chi connectivity index (χ4v) is 3.10. The third kappa shape index (κ3) is 4.28. The molecule has 1 aromatic rings. The fourth-order valence-electron chi connectivity index (χ4n) is 3.10. The third-order valence-electron chi connectivity index (χ3n) is 4.36. The van der Waals surface area contributed by atoms with E-state index >= 15 is 0 Å². The Morgan fingerprint density at radius 2 is 1.92 bits per heavy atom. The Labute approximate surface area is 143 Å². The van der Waals surface area contributed by atoms with E-state index in [1.807, 2.05) is 39.0 Å². The molecule has 0 N–H and O–H groups in total. The molecule has 0 unspecified atom stereocenters. The Kier molecular flexibility index (Phi) is 5.52. The second-order valence-corrected chi connectivity index (χ2v) is 7.36. The van der Waals surface area contributed by atoms with Crippen molar-refractivity contribution in [2.75, 3.05) is 13.7 Å². The molecule has 0 saturated carbocycles. The SMILES string of the molecule is COC(=O)c1ccccc1C[C@H]1[C@H](C)CCN1C(=O)OC(C)(C)C. The summed E-state index contributed by atoms with van der Waals surface area (Å²) in [4.78, 5) is 26.3. The fraction of sp³-hybridized carbons (Fsp3) is 0.579. The number of carbonyl (C=O) groups excluding carboxylic acids is 2. The third-order valence-corrected chi connectivity index (χ3v) is 4.36. The summed E-state index contributed by atoms with van der Waals surface area (Å²) in [6.07, 6.45) is 1.27. The molecule has 1 fully saturated rings. The summed E-state index contributed by atoms with van der Waals surface area (Å²) in [7, 11) is 1.38. The van der Waals surface area contributed by atoms with E-state index in [2.05, 4.69) is 6.92 Å². The van der Waals surface area contributed by atoms with Gasteiger partial charge < -0.3 is 14.4 Å². The minimum absolute atomic E-state index is 0.0191. The van der Waals surface area contributed by atoms with Crippen LogP contribution < -0.4 is 0 Å². The lowest BCUT2D eigenvalue weighted by Crippen LogP contribution is -2.42. The zero-order valence-electron chi connectivity index (χ0n) is 15.2. The molecule has 1 heterocycles. The molecule has 2 atom stereocenters. The van der Waals surface area contributed by atoms with Crippen LogP contribution in [0.2, 0.25) is 0 Å². The average Bonchev–Trinajstić information content (AvgIpc) is 2.86. The average molecular weight is 333 g/mol. The Hall–Kier alpha value is -2.04. The summed E-state index contributed by atoms with van der Waals surface area (Å²) >= 11 is 0. The van der Waals surface area contributed by atoms with Crippen LogP contribution in [0.25, 0.3) is 0 Å². The van der Waals surface area contributed by atoms with Crippen LogP contribution in [0.15, 0.2) is 24.3 Å². The van der Waals surface area contributed by atoms with Gasteiger partial charge in [-0.2, -0.15) is 0 Å². The van der Waals surface area contributed by atoms with Crippen molar-refractivity contribution < 1.29 is 19.1 Å². The molecule has 1 aliphatic heterocycles. The van der Waals surface area contributed by atoms with Gasteiger partial charge in [0.25, 0.3) is 0 Å². The van der Waals surface area contributed by atoms with E-state index in [1.54, 1.807) is 11.0 Å². The first-order valence-electron chi connectivity index (χ1n) is 8.38. The van der Waals surface area contributed by atoms with E-state index in [-0.39, 0.29) is 18.1 Å². The molecular weight excluding hydrogens is 306 g/mol. The van der Waals surface area contributed by atoms with Crippen molar-refractivity contribution in [1.29, 1.82) is 0 Å². The Bertz CT molecular complexity index is 606. The molecule has 0 aromatic heterocycles. The number of esters is 1. The predicted octanol–water partition coefficient (Wildman–Crippen LogP) is 3.66. The van der Waals surface area contributed by atoms with Crippen LogP contribution in [0.3, 0.4) is 0 Å². The summed E-state index contributed by atoms with van der Waals surface area (Å²) in [6, 6.07) is 7.42. The van der Waals surface area contributed by atoms with Crippen molar-refractivity contribution >= 4 is 12.1 Å². The predicted molar refractivity (Wildman–Crippen MR) is 92.0 cm³/mol. The molecule has 24 heavy (non-hydrogen) atoms. The van der Waals surface area contributed by atoms with Crippen LogP contribution in [0.5, 0.6) is 0 Å². The normalized spacial score (nSPS) is 20.8. The molecule has 1 amide bonds. The van der Waals surface area contributed by atoms with E-state index in [1.165, 1.54) is 7.11 Å². The highest BCUT2D eigenvalue weighted by Crippen LogP contribution is 2.29. The summed E-state index contributed by atoms with van der Waals surface area (Å²) in [5, 5.41) is 0. The zero-order chi connectivity index (χ0) is 17.9. The number of methoxy groups -OCH3 is 1. The minimum Gasteiger partial charge on any atom is -0.465 e. The molecule has 0 bridgehead atoms. The first-order chi connectivity index (χ1) is 11.2. The highest BCUT2D eigenvalue weighted by atomic mass is 16.6. The molecule has 0 aliphatic carbocycles. The van der Waals surface area contributed by atoms with Gasteiger partial charge in [-0.15, -0.1) is 0 Å². The van der Waals surface area contributed by atoms with Crippen LogP contribution >= 0.6 is 0 Å². The van der Waals surface area contributed by atoms with Crippen molar-refractivity contribution in [1.82, 2.24) is 4.90 Å². The summed E-state index contributed by atoms with van der Waals surface area (Å²) in [5.74, 6) is 0.00305. The van der Waals surface area contributed by atoms with Gasteiger partial charge in [0.2, 0.25) is 0 Å². The van der Waals surface area contributed by atoms with E-state index in [0.29, 0.717) is 24.4 Å². The molecule has 5 nitrogen and oxygen atoms in total. The van der Waals surface area contributed by atoms with Crippen LogP contribution in [0.4, 0.5) is 4.79 Å². The Balaban J connectivity index is 2.21. The monoisotopic (exact) mass is 333 g/mol. The molecule has 2 rings (SSSR count). The number of nitrogens with zero attached hydrogens (tertiary/aromatic N) is 1. The molecule has 1 aliphatic rings. The lowest BCUT2D eigenvalue weighted by molar-refractivity contribution is 0.0211. The number of carbonyl (C=O) groups is 2. The summed E-state index contributed by atoms with van der Waals surface area (Å²) < 4.78 is 10.4. The number of ether oxygens (including phenoxy) is 2. The highest BCUT2D eigenvalue weighted by molar-refractivity contribution is 5.91. The van der Waals surface area contributed by atoms with Gasteiger partial charge in [0.05, 0.1) is 12.7 Å². The smallest absolute Gasteiger partial charge is 0.410 e. The second kappa shape index (κ2) is 7.24. The van der Waals surface area contributed by atoms with Crippen molar-refractivity contribution in [3.63, 3.8) is 0 Å². The minimum atomic E-state index is -0.516. The van der Waals surface area contributed by atoms with Crippen molar-refractivity contribution in [2.24, 2.45) is 5.92 Å². The molecule has 0 spiro atoms. The molecule has 1 saturated heterocycles. The van der Waals surface area contributed by atoms with Crippen molar-refractivity contribution in [3.8, 4) is 0 Å². The summed E-state index contributed by atoms with van der Waals surface area (Å²) in [6.45, 7) is 8.42. The van der Waals surface area contributed by atoms with Crippen LogP contribution in [0.1, 0.15) is 50.0 Å². The molecule has 132 valence electrons. The van der Waals surface area contributed by atoms with Crippen LogP contribution in [-0.2, 0) is 15.9 Å². The first-order valence-corrected chi connectivity index (χ1v) is 8.38. The van der Waals surface area contributed by atoms with Crippen molar-refractivity contribution in [3.05, 3.63) is 35.4 Å². The maximum absolute atomic E-state index is 12.5. The first kappa shape index (κ1) is 18.3. The topological polar surface area (TPSA) is 55.8 Å². The van der Waals surface area contributed by atoms with E-state index in [0.717, 1.165) is 12.0 Å². The van der Waals surface area contributed by atoms with E-state index < -0.39 is 5.60 Å². The van der Waals surface area contributed by atoms with Gasteiger partial charge in [-0.25, -0.2) is 9.59 Å². The van der Waals surface area contributed by atoms with E-state index in [4.69, 9.17) is 9.47 Å². The Morgan fingerprint density at radius 1 is 1.25 bits per heavy atom. The Morgan fingerprint density at radius 3 is 2.54 bits per heavy atom. The molecule has 1 aromatic carbocycles. The summed E-state index contributed by atoms with van der Waals surface area (Å²) in [5.41, 5.74) is 0.942. The van der Waals surface area contributed by atoms with Crippen molar-refractivity contribution in [2.45, 2.75) is 52.2 Å². The van der Waals surface area contributed by atoms with E-state index in [9.17, 15) is 9.59 Å². The highest BCUT2D eigenvalue weighted by Gasteiger charge is 2.37. The lowest BCUT2D eigenvalue weighted by atomic mass is 9.93. The van der Waals surface area contributed by atoms with Gasteiger partial charge in [-0.1, -0.05) is 25.1 Å². The number of likely N-dealkylation sites (tertiary alicyclic amines) is 1. The van der Waals surface area contributed by atoms with Crippen LogP contribution in [0, 0.1) is 5.92 Å². The number of hydrogen-bond acceptors (Lipinski definition) is 4. The number of amides is 1.